The van der Waals surface area contributed by atoms with Crippen LogP contribution >= 0.6 is 11.6 Å². The number of aromatic amines is 1. The predicted molar refractivity (Wildman–Crippen MR) is 93.2 cm³/mol. The number of anilines is 1. The molecule has 1 aliphatic carbocycles. The van der Waals surface area contributed by atoms with Crippen LogP contribution in [0.5, 0.6) is 0 Å². The van der Waals surface area contributed by atoms with Crippen molar-refractivity contribution >= 4 is 23.2 Å². The second-order valence-corrected chi connectivity index (χ2v) is 6.20. The highest BCUT2D eigenvalue weighted by atomic mass is 35.5. The third-order valence-electron chi connectivity index (χ3n) is 4.21. The third-order valence-corrected chi connectivity index (χ3v) is 4.46. The van der Waals surface area contributed by atoms with Gasteiger partial charge in [-0.1, -0.05) is 11.6 Å². The maximum Gasteiger partial charge on any atom is 0.257 e. The van der Waals surface area contributed by atoms with E-state index in [4.69, 9.17) is 11.6 Å². The van der Waals surface area contributed by atoms with Crippen molar-refractivity contribution in [2.45, 2.75) is 19.3 Å². The number of halogens is 1. The van der Waals surface area contributed by atoms with Gasteiger partial charge >= 0.3 is 0 Å². The molecule has 0 spiro atoms. The summed E-state index contributed by atoms with van der Waals surface area (Å²) in [6.45, 7) is 0. The molecule has 0 bridgehead atoms. The lowest BCUT2D eigenvalue weighted by Gasteiger charge is -2.08. The van der Waals surface area contributed by atoms with E-state index in [2.05, 4.69) is 20.3 Å². The first-order valence-corrected chi connectivity index (χ1v) is 8.16. The molecule has 0 saturated carbocycles. The van der Waals surface area contributed by atoms with Crippen LogP contribution in [0.1, 0.15) is 28.0 Å². The van der Waals surface area contributed by atoms with Crippen LogP contribution in [-0.4, -0.2) is 20.9 Å². The van der Waals surface area contributed by atoms with Crippen LogP contribution in [0.15, 0.2) is 43.0 Å². The minimum atomic E-state index is -0.165. The largest absolute Gasteiger partial charge is 0.364 e. The van der Waals surface area contributed by atoms with E-state index < -0.39 is 0 Å². The topological polar surface area (TPSA) is 70.7 Å². The zero-order valence-corrected chi connectivity index (χ0v) is 13.6. The fourth-order valence-electron chi connectivity index (χ4n) is 3.07. The van der Waals surface area contributed by atoms with E-state index in [9.17, 15) is 4.79 Å². The summed E-state index contributed by atoms with van der Waals surface area (Å²) >= 11 is 5.89. The summed E-state index contributed by atoms with van der Waals surface area (Å²) in [7, 11) is 0. The quantitative estimate of drug-likeness (QED) is 0.745. The average Bonchev–Trinajstić information content (AvgIpc) is 2.93. The van der Waals surface area contributed by atoms with Gasteiger partial charge in [-0.2, -0.15) is 0 Å². The summed E-state index contributed by atoms with van der Waals surface area (Å²) < 4.78 is 0. The number of aryl methyl sites for hydroxylation is 2. The standard InChI is InChI=1S/C18H15ClN4O/c19-12-4-6-13(7-5-12)23-18(24)14-9-21-15-3-1-2-11-8-20-10-22-17(11)16(14)15/h4-10,21H,1-3H2,(H,23,24). The fourth-order valence-corrected chi connectivity index (χ4v) is 3.19. The highest BCUT2D eigenvalue weighted by molar-refractivity contribution is 6.30. The molecule has 0 saturated heterocycles. The van der Waals surface area contributed by atoms with Gasteiger partial charge in [0.2, 0.25) is 0 Å². The predicted octanol–water partition coefficient (Wildman–Crippen LogP) is 3.87. The Morgan fingerprint density at radius 3 is 2.88 bits per heavy atom. The summed E-state index contributed by atoms with van der Waals surface area (Å²) in [6.07, 6.45) is 7.93. The van der Waals surface area contributed by atoms with Gasteiger partial charge in [-0.15, -0.1) is 0 Å². The second-order valence-electron chi connectivity index (χ2n) is 5.77. The molecule has 1 amide bonds. The van der Waals surface area contributed by atoms with Crippen molar-refractivity contribution in [1.29, 1.82) is 0 Å². The number of nitrogens with zero attached hydrogens (tertiary/aromatic N) is 2. The number of amides is 1. The molecule has 0 aliphatic heterocycles. The molecule has 1 aromatic carbocycles. The van der Waals surface area contributed by atoms with E-state index in [1.54, 1.807) is 30.5 Å². The number of H-pyrrole nitrogens is 1. The van der Waals surface area contributed by atoms with E-state index >= 15 is 0 Å². The molecule has 4 rings (SSSR count). The summed E-state index contributed by atoms with van der Waals surface area (Å²) in [5, 5.41) is 3.55. The van der Waals surface area contributed by atoms with Crippen LogP contribution in [0.4, 0.5) is 5.69 Å². The van der Waals surface area contributed by atoms with Gasteiger partial charge in [0.05, 0.1) is 11.3 Å². The van der Waals surface area contributed by atoms with Crippen molar-refractivity contribution in [3.63, 3.8) is 0 Å². The number of nitrogens with one attached hydrogen (secondary N) is 2. The molecule has 6 heteroatoms. The van der Waals surface area contributed by atoms with Crippen molar-refractivity contribution in [3.05, 3.63) is 64.8 Å². The average molecular weight is 339 g/mol. The molecule has 5 nitrogen and oxygen atoms in total. The molecule has 2 N–H and O–H groups in total. The van der Waals surface area contributed by atoms with Crippen molar-refractivity contribution in [3.8, 4) is 11.3 Å². The zero-order valence-electron chi connectivity index (χ0n) is 12.8. The summed E-state index contributed by atoms with van der Waals surface area (Å²) in [5.74, 6) is -0.165. The maximum atomic E-state index is 12.7. The Labute approximate surface area is 144 Å². The number of benzene rings is 1. The Morgan fingerprint density at radius 1 is 1.21 bits per heavy atom. The number of rotatable bonds is 2. The number of carbonyl (C=O) groups excluding carboxylic acids is 1. The summed E-state index contributed by atoms with van der Waals surface area (Å²) in [5.41, 5.74) is 5.17. The molecule has 2 heterocycles. The lowest BCUT2D eigenvalue weighted by molar-refractivity contribution is 0.102. The third kappa shape index (κ3) is 2.67. The van der Waals surface area contributed by atoms with Gasteiger partial charge in [-0.3, -0.25) is 4.79 Å². The van der Waals surface area contributed by atoms with Crippen LogP contribution in [-0.2, 0) is 12.8 Å². The van der Waals surface area contributed by atoms with Crippen molar-refractivity contribution in [2.75, 3.05) is 5.32 Å². The number of hydrogen-bond donors (Lipinski definition) is 2. The van der Waals surface area contributed by atoms with Gasteiger partial charge in [0.25, 0.3) is 5.91 Å². The Morgan fingerprint density at radius 2 is 2.04 bits per heavy atom. The van der Waals surface area contributed by atoms with Crippen LogP contribution in [0, 0.1) is 0 Å². The molecular weight excluding hydrogens is 324 g/mol. The van der Waals surface area contributed by atoms with Gasteiger partial charge in [-0.05, 0) is 49.1 Å². The highest BCUT2D eigenvalue weighted by Crippen LogP contribution is 2.33. The van der Waals surface area contributed by atoms with Gasteiger partial charge in [-0.25, -0.2) is 9.97 Å². The fraction of sp³-hybridized carbons (Fsp3) is 0.167. The zero-order chi connectivity index (χ0) is 16.5. The van der Waals surface area contributed by atoms with Gasteiger partial charge in [0.15, 0.2) is 0 Å². The number of hydrogen-bond acceptors (Lipinski definition) is 3. The molecule has 3 aromatic rings. The Kier molecular flexibility index (Phi) is 3.78. The van der Waals surface area contributed by atoms with Gasteiger partial charge in [0, 0.05) is 34.4 Å². The molecule has 0 unspecified atom stereocenters. The Balaban J connectivity index is 1.73. The Hall–Kier alpha value is -2.66. The number of aromatic nitrogens is 3. The van der Waals surface area contributed by atoms with Gasteiger partial charge < -0.3 is 10.3 Å². The molecule has 2 aromatic heterocycles. The minimum absolute atomic E-state index is 0.165. The van der Waals surface area contributed by atoms with Crippen LogP contribution < -0.4 is 5.32 Å². The van der Waals surface area contributed by atoms with Crippen LogP contribution in [0.2, 0.25) is 5.02 Å². The van der Waals surface area contributed by atoms with E-state index in [0.717, 1.165) is 41.8 Å². The van der Waals surface area contributed by atoms with Crippen molar-refractivity contribution in [1.82, 2.24) is 15.0 Å². The van der Waals surface area contributed by atoms with E-state index in [1.807, 2.05) is 6.20 Å². The van der Waals surface area contributed by atoms with E-state index in [-0.39, 0.29) is 5.91 Å². The van der Waals surface area contributed by atoms with Crippen LogP contribution in [0.25, 0.3) is 11.3 Å². The second kappa shape index (κ2) is 6.09. The normalized spacial score (nSPS) is 12.9. The first-order valence-electron chi connectivity index (χ1n) is 7.79. The summed E-state index contributed by atoms with van der Waals surface area (Å²) in [4.78, 5) is 24.5. The molecule has 24 heavy (non-hydrogen) atoms. The highest BCUT2D eigenvalue weighted by Gasteiger charge is 2.24. The number of fused-ring (bicyclic) bond motifs is 3. The molecular formula is C18H15ClN4O. The van der Waals surface area contributed by atoms with Crippen molar-refractivity contribution < 1.29 is 4.79 Å². The monoisotopic (exact) mass is 338 g/mol. The maximum absolute atomic E-state index is 12.7. The lowest BCUT2D eigenvalue weighted by Crippen LogP contribution is -2.12. The van der Waals surface area contributed by atoms with E-state index in [1.165, 1.54) is 6.33 Å². The molecule has 120 valence electrons. The first kappa shape index (κ1) is 14.9. The van der Waals surface area contributed by atoms with E-state index in [0.29, 0.717) is 16.3 Å². The van der Waals surface area contributed by atoms with Crippen LogP contribution in [0.3, 0.4) is 0 Å². The molecule has 0 radical (unpaired) electrons. The Bertz CT molecular complexity index is 902. The minimum Gasteiger partial charge on any atom is -0.364 e. The van der Waals surface area contributed by atoms with Crippen molar-refractivity contribution in [2.24, 2.45) is 0 Å². The summed E-state index contributed by atoms with van der Waals surface area (Å²) in [6, 6.07) is 7.05. The molecule has 0 fully saturated rings. The SMILES string of the molecule is O=C(Nc1ccc(Cl)cc1)c1c[nH]c2c1-c1ncncc1CCC2. The van der Waals surface area contributed by atoms with Gasteiger partial charge in [0.1, 0.15) is 6.33 Å². The number of carbonyl (C=O) groups is 1. The first-order chi connectivity index (χ1) is 11.7. The molecule has 0 atom stereocenters. The molecule has 1 aliphatic rings. The smallest absolute Gasteiger partial charge is 0.257 e. The lowest BCUT2D eigenvalue weighted by atomic mass is 10.0.